The molecule has 0 aromatic carbocycles. The zero-order valence-electron chi connectivity index (χ0n) is 7.03. The number of rotatable bonds is 2. The SMILES string of the molecule is c1cc2nc(NC3CC3)ncc2s1. The highest BCUT2D eigenvalue weighted by atomic mass is 32.1. The number of thiophene rings is 1. The van der Waals surface area contributed by atoms with Crippen molar-refractivity contribution in [1.29, 1.82) is 0 Å². The molecule has 2 aromatic heterocycles. The van der Waals surface area contributed by atoms with Crippen LogP contribution < -0.4 is 5.32 Å². The quantitative estimate of drug-likeness (QED) is 0.791. The van der Waals surface area contributed by atoms with Crippen molar-refractivity contribution >= 4 is 27.5 Å². The Hall–Kier alpha value is -1.16. The van der Waals surface area contributed by atoms with Crippen molar-refractivity contribution in [2.45, 2.75) is 18.9 Å². The number of fused-ring (bicyclic) bond motifs is 1. The molecule has 1 aliphatic carbocycles. The molecular weight excluding hydrogens is 182 g/mol. The second-order valence-corrected chi connectivity index (χ2v) is 4.23. The summed E-state index contributed by atoms with van der Waals surface area (Å²) in [5.74, 6) is 0.772. The Morgan fingerprint density at radius 2 is 2.38 bits per heavy atom. The summed E-state index contributed by atoms with van der Waals surface area (Å²) in [5, 5.41) is 5.32. The molecule has 0 unspecified atom stereocenters. The minimum Gasteiger partial charge on any atom is -0.351 e. The molecule has 4 heteroatoms. The van der Waals surface area contributed by atoms with Gasteiger partial charge in [0.2, 0.25) is 5.95 Å². The lowest BCUT2D eigenvalue weighted by Gasteiger charge is -2.00. The summed E-state index contributed by atoms with van der Waals surface area (Å²) >= 11 is 1.68. The Labute approximate surface area is 79.8 Å². The van der Waals surface area contributed by atoms with E-state index in [4.69, 9.17) is 0 Å². The third-order valence-electron chi connectivity index (χ3n) is 2.11. The Morgan fingerprint density at radius 1 is 1.46 bits per heavy atom. The predicted molar refractivity (Wildman–Crippen MR) is 54.1 cm³/mol. The fourth-order valence-corrected chi connectivity index (χ4v) is 1.94. The number of nitrogens with zero attached hydrogens (tertiary/aromatic N) is 2. The van der Waals surface area contributed by atoms with Gasteiger partial charge >= 0.3 is 0 Å². The van der Waals surface area contributed by atoms with Crippen LogP contribution in [0.15, 0.2) is 17.6 Å². The van der Waals surface area contributed by atoms with E-state index in [1.165, 1.54) is 12.8 Å². The van der Waals surface area contributed by atoms with Crippen LogP contribution in [0, 0.1) is 0 Å². The molecule has 2 heterocycles. The average Bonchev–Trinajstić information content (AvgIpc) is 2.83. The van der Waals surface area contributed by atoms with Crippen molar-refractivity contribution in [2.75, 3.05) is 5.32 Å². The molecule has 0 bridgehead atoms. The van der Waals surface area contributed by atoms with Gasteiger partial charge in [0.15, 0.2) is 0 Å². The topological polar surface area (TPSA) is 37.8 Å². The molecule has 3 rings (SSSR count). The van der Waals surface area contributed by atoms with Gasteiger partial charge in [-0.2, -0.15) is 0 Å². The number of nitrogens with one attached hydrogen (secondary N) is 1. The maximum Gasteiger partial charge on any atom is 0.223 e. The molecule has 0 amide bonds. The molecular formula is C9H9N3S. The van der Waals surface area contributed by atoms with Crippen LogP contribution in [0.1, 0.15) is 12.8 Å². The highest BCUT2D eigenvalue weighted by Crippen LogP contribution is 2.24. The van der Waals surface area contributed by atoms with E-state index < -0.39 is 0 Å². The third kappa shape index (κ3) is 1.37. The van der Waals surface area contributed by atoms with Crippen molar-refractivity contribution in [3.05, 3.63) is 17.6 Å². The minimum absolute atomic E-state index is 0.621. The Morgan fingerprint density at radius 3 is 3.23 bits per heavy atom. The molecule has 66 valence electrons. The standard InChI is InChI=1S/C9H9N3S/c1-2-6(1)11-9-10-5-8-7(12-9)3-4-13-8/h3-6H,1-2H2,(H,10,11,12). The highest BCUT2D eigenvalue weighted by molar-refractivity contribution is 7.17. The molecule has 1 N–H and O–H groups in total. The number of anilines is 1. The van der Waals surface area contributed by atoms with Gasteiger partial charge in [-0.05, 0) is 24.3 Å². The van der Waals surface area contributed by atoms with Crippen LogP contribution in [-0.2, 0) is 0 Å². The molecule has 1 fully saturated rings. The summed E-state index contributed by atoms with van der Waals surface area (Å²) in [6.45, 7) is 0. The zero-order valence-corrected chi connectivity index (χ0v) is 7.84. The summed E-state index contributed by atoms with van der Waals surface area (Å²) in [4.78, 5) is 8.65. The Balaban J connectivity index is 1.99. The Bertz CT molecular complexity index is 433. The lowest BCUT2D eigenvalue weighted by Crippen LogP contribution is -2.04. The van der Waals surface area contributed by atoms with Crippen LogP contribution >= 0.6 is 11.3 Å². The van der Waals surface area contributed by atoms with Crippen molar-refractivity contribution in [1.82, 2.24) is 9.97 Å². The molecule has 0 saturated heterocycles. The van der Waals surface area contributed by atoms with E-state index in [1.54, 1.807) is 11.3 Å². The summed E-state index contributed by atoms with van der Waals surface area (Å²) in [5.41, 5.74) is 1.04. The van der Waals surface area contributed by atoms with Crippen molar-refractivity contribution in [3.8, 4) is 0 Å². The summed E-state index contributed by atoms with van der Waals surface area (Å²) in [6.07, 6.45) is 4.40. The number of aromatic nitrogens is 2. The summed E-state index contributed by atoms with van der Waals surface area (Å²) < 4.78 is 1.15. The van der Waals surface area contributed by atoms with E-state index >= 15 is 0 Å². The van der Waals surface area contributed by atoms with E-state index in [0.717, 1.165) is 16.2 Å². The van der Waals surface area contributed by atoms with Gasteiger partial charge in [0.25, 0.3) is 0 Å². The molecule has 13 heavy (non-hydrogen) atoms. The van der Waals surface area contributed by atoms with Crippen LogP contribution in [0.3, 0.4) is 0 Å². The molecule has 0 atom stereocenters. The number of hydrogen-bond donors (Lipinski definition) is 1. The van der Waals surface area contributed by atoms with Gasteiger partial charge in [-0.25, -0.2) is 9.97 Å². The molecule has 0 spiro atoms. The average molecular weight is 191 g/mol. The fourth-order valence-electron chi connectivity index (χ4n) is 1.25. The van der Waals surface area contributed by atoms with Gasteiger partial charge in [0, 0.05) is 6.04 Å². The largest absolute Gasteiger partial charge is 0.351 e. The highest BCUT2D eigenvalue weighted by Gasteiger charge is 2.21. The van der Waals surface area contributed by atoms with Gasteiger partial charge in [-0.15, -0.1) is 11.3 Å². The lowest BCUT2D eigenvalue weighted by atomic mass is 10.5. The first kappa shape index (κ1) is 7.26. The zero-order chi connectivity index (χ0) is 8.67. The Kier molecular flexibility index (Phi) is 1.49. The van der Waals surface area contributed by atoms with Crippen LogP contribution in [-0.4, -0.2) is 16.0 Å². The third-order valence-corrected chi connectivity index (χ3v) is 2.96. The van der Waals surface area contributed by atoms with Gasteiger partial charge in [0.05, 0.1) is 16.4 Å². The summed E-state index contributed by atoms with van der Waals surface area (Å²) in [6, 6.07) is 2.65. The molecule has 2 aromatic rings. The second kappa shape index (κ2) is 2.67. The second-order valence-electron chi connectivity index (χ2n) is 3.28. The summed E-state index contributed by atoms with van der Waals surface area (Å²) in [7, 11) is 0. The monoisotopic (exact) mass is 191 g/mol. The van der Waals surface area contributed by atoms with E-state index in [1.807, 2.05) is 17.6 Å². The van der Waals surface area contributed by atoms with Crippen molar-refractivity contribution < 1.29 is 0 Å². The van der Waals surface area contributed by atoms with Crippen LogP contribution in [0.2, 0.25) is 0 Å². The van der Waals surface area contributed by atoms with Gasteiger partial charge in [-0.1, -0.05) is 0 Å². The smallest absolute Gasteiger partial charge is 0.223 e. The van der Waals surface area contributed by atoms with Crippen LogP contribution in [0.4, 0.5) is 5.95 Å². The van der Waals surface area contributed by atoms with Gasteiger partial charge in [-0.3, -0.25) is 0 Å². The normalized spacial score (nSPS) is 16.3. The fraction of sp³-hybridized carbons (Fsp3) is 0.333. The minimum atomic E-state index is 0.621. The predicted octanol–water partition coefficient (Wildman–Crippen LogP) is 2.27. The molecule has 0 radical (unpaired) electrons. The van der Waals surface area contributed by atoms with Crippen LogP contribution in [0.25, 0.3) is 10.2 Å². The molecule has 3 nitrogen and oxygen atoms in total. The number of hydrogen-bond acceptors (Lipinski definition) is 4. The first-order chi connectivity index (χ1) is 6.42. The van der Waals surface area contributed by atoms with E-state index in [0.29, 0.717) is 6.04 Å². The lowest BCUT2D eigenvalue weighted by molar-refractivity contribution is 1.07. The van der Waals surface area contributed by atoms with Crippen molar-refractivity contribution in [3.63, 3.8) is 0 Å². The van der Waals surface area contributed by atoms with E-state index in [2.05, 4.69) is 15.3 Å². The molecule has 1 saturated carbocycles. The molecule has 0 aliphatic heterocycles. The van der Waals surface area contributed by atoms with E-state index in [9.17, 15) is 0 Å². The van der Waals surface area contributed by atoms with Gasteiger partial charge in [0.1, 0.15) is 0 Å². The maximum atomic E-state index is 4.40. The first-order valence-corrected chi connectivity index (χ1v) is 5.26. The van der Waals surface area contributed by atoms with Crippen LogP contribution in [0.5, 0.6) is 0 Å². The molecule has 1 aliphatic rings. The first-order valence-electron chi connectivity index (χ1n) is 4.38. The van der Waals surface area contributed by atoms with E-state index in [-0.39, 0.29) is 0 Å². The van der Waals surface area contributed by atoms with Gasteiger partial charge < -0.3 is 5.32 Å². The maximum absolute atomic E-state index is 4.40. The van der Waals surface area contributed by atoms with Crippen molar-refractivity contribution in [2.24, 2.45) is 0 Å².